The largest absolute Gasteiger partial charge is 0.342 e. The SMILES string of the molecule is CCCC(=O)N1CCCC(C(=O)N2CC[C@@H](N)C2)C1. The van der Waals surface area contributed by atoms with Gasteiger partial charge in [0.25, 0.3) is 0 Å². The van der Waals surface area contributed by atoms with Crippen molar-refractivity contribution in [1.29, 1.82) is 0 Å². The summed E-state index contributed by atoms with van der Waals surface area (Å²) in [5.74, 6) is 0.375. The van der Waals surface area contributed by atoms with Crippen LogP contribution in [0.5, 0.6) is 0 Å². The average molecular weight is 267 g/mol. The van der Waals surface area contributed by atoms with Gasteiger partial charge >= 0.3 is 0 Å². The number of nitrogens with zero attached hydrogens (tertiary/aromatic N) is 2. The maximum atomic E-state index is 12.4. The first-order valence-corrected chi connectivity index (χ1v) is 7.44. The molecule has 0 spiro atoms. The molecule has 5 nitrogen and oxygen atoms in total. The average Bonchev–Trinajstić information content (AvgIpc) is 2.85. The number of hydrogen-bond acceptors (Lipinski definition) is 3. The maximum absolute atomic E-state index is 12.4. The first-order valence-electron chi connectivity index (χ1n) is 7.44. The zero-order valence-corrected chi connectivity index (χ0v) is 11.8. The number of rotatable bonds is 3. The van der Waals surface area contributed by atoms with Gasteiger partial charge in [-0.1, -0.05) is 6.92 Å². The lowest BCUT2D eigenvalue weighted by atomic mass is 9.96. The van der Waals surface area contributed by atoms with E-state index in [0.717, 1.165) is 38.8 Å². The van der Waals surface area contributed by atoms with Crippen molar-refractivity contribution < 1.29 is 9.59 Å². The monoisotopic (exact) mass is 267 g/mol. The highest BCUT2D eigenvalue weighted by Crippen LogP contribution is 2.21. The van der Waals surface area contributed by atoms with Crippen LogP contribution in [0.2, 0.25) is 0 Å². The van der Waals surface area contributed by atoms with Crippen molar-refractivity contribution in [2.45, 2.75) is 45.1 Å². The third-order valence-corrected chi connectivity index (χ3v) is 4.12. The van der Waals surface area contributed by atoms with Gasteiger partial charge in [0.1, 0.15) is 0 Å². The van der Waals surface area contributed by atoms with Gasteiger partial charge < -0.3 is 15.5 Å². The first kappa shape index (κ1) is 14.3. The van der Waals surface area contributed by atoms with Gasteiger partial charge in [0.15, 0.2) is 0 Å². The van der Waals surface area contributed by atoms with Crippen LogP contribution in [0.25, 0.3) is 0 Å². The summed E-state index contributed by atoms with van der Waals surface area (Å²) in [6.45, 7) is 4.87. The van der Waals surface area contributed by atoms with E-state index in [-0.39, 0.29) is 23.8 Å². The number of piperidine rings is 1. The fourth-order valence-electron chi connectivity index (χ4n) is 3.02. The van der Waals surface area contributed by atoms with Crippen LogP contribution in [-0.4, -0.2) is 53.8 Å². The molecule has 2 fully saturated rings. The molecule has 2 amide bonds. The van der Waals surface area contributed by atoms with E-state index in [2.05, 4.69) is 0 Å². The number of hydrogen-bond donors (Lipinski definition) is 1. The molecule has 0 aromatic carbocycles. The summed E-state index contributed by atoms with van der Waals surface area (Å²) in [7, 11) is 0. The smallest absolute Gasteiger partial charge is 0.227 e. The van der Waals surface area contributed by atoms with Crippen LogP contribution in [0.3, 0.4) is 0 Å². The van der Waals surface area contributed by atoms with Gasteiger partial charge in [0.2, 0.25) is 11.8 Å². The van der Waals surface area contributed by atoms with Crippen LogP contribution in [-0.2, 0) is 9.59 Å². The number of likely N-dealkylation sites (tertiary alicyclic amines) is 2. The predicted octanol–water partition coefficient (Wildman–Crippen LogP) is 0.585. The summed E-state index contributed by atoms with van der Waals surface area (Å²) in [5, 5.41) is 0. The molecule has 108 valence electrons. The molecule has 2 rings (SSSR count). The van der Waals surface area contributed by atoms with Crippen molar-refractivity contribution >= 4 is 11.8 Å². The molecule has 2 heterocycles. The Morgan fingerprint density at radius 1 is 1.16 bits per heavy atom. The van der Waals surface area contributed by atoms with E-state index in [1.54, 1.807) is 0 Å². The van der Waals surface area contributed by atoms with Gasteiger partial charge in [-0.15, -0.1) is 0 Å². The second-order valence-corrected chi connectivity index (χ2v) is 5.76. The summed E-state index contributed by atoms with van der Waals surface area (Å²) in [4.78, 5) is 28.1. The predicted molar refractivity (Wildman–Crippen MR) is 73.4 cm³/mol. The summed E-state index contributed by atoms with van der Waals surface area (Å²) in [5.41, 5.74) is 5.85. The number of amides is 2. The molecule has 0 bridgehead atoms. The number of carbonyl (C=O) groups excluding carboxylic acids is 2. The van der Waals surface area contributed by atoms with Crippen molar-refractivity contribution in [3.05, 3.63) is 0 Å². The minimum absolute atomic E-state index is 0.0140. The lowest BCUT2D eigenvalue weighted by Crippen LogP contribution is -2.46. The Hall–Kier alpha value is -1.10. The van der Waals surface area contributed by atoms with Gasteiger partial charge in [0, 0.05) is 38.6 Å². The van der Waals surface area contributed by atoms with E-state index in [9.17, 15) is 9.59 Å². The van der Waals surface area contributed by atoms with E-state index in [1.165, 1.54) is 0 Å². The fourth-order valence-corrected chi connectivity index (χ4v) is 3.02. The van der Waals surface area contributed by atoms with Crippen LogP contribution in [0.4, 0.5) is 0 Å². The highest BCUT2D eigenvalue weighted by Gasteiger charge is 2.33. The lowest BCUT2D eigenvalue weighted by molar-refractivity contribution is -0.140. The van der Waals surface area contributed by atoms with E-state index in [4.69, 9.17) is 5.73 Å². The molecule has 2 N–H and O–H groups in total. The molecule has 0 aromatic heterocycles. The van der Waals surface area contributed by atoms with Crippen molar-refractivity contribution in [2.75, 3.05) is 26.2 Å². The molecule has 2 aliphatic rings. The molecule has 0 saturated carbocycles. The quantitative estimate of drug-likeness (QED) is 0.813. The Bertz CT molecular complexity index is 346. The summed E-state index contributed by atoms with van der Waals surface area (Å²) < 4.78 is 0. The zero-order chi connectivity index (χ0) is 13.8. The van der Waals surface area contributed by atoms with Gasteiger partial charge in [-0.2, -0.15) is 0 Å². The summed E-state index contributed by atoms with van der Waals surface area (Å²) in [6, 6.07) is 0.130. The molecular weight excluding hydrogens is 242 g/mol. The van der Waals surface area contributed by atoms with Crippen molar-refractivity contribution in [1.82, 2.24) is 9.80 Å². The van der Waals surface area contributed by atoms with Crippen molar-refractivity contribution in [3.63, 3.8) is 0 Å². The fraction of sp³-hybridized carbons (Fsp3) is 0.857. The zero-order valence-electron chi connectivity index (χ0n) is 11.8. The highest BCUT2D eigenvalue weighted by molar-refractivity contribution is 5.81. The van der Waals surface area contributed by atoms with Gasteiger partial charge in [-0.3, -0.25) is 9.59 Å². The molecule has 0 radical (unpaired) electrons. The normalized spacial score (nSPS) is 27.7. The second-order valence-electron chi connectivity index (χ2n) is 5.76. The Morgan fingerprint density at radius 3 is 2.58 bits per heavy atom. The Labute approximate surface area is 115 Å². The van der Waals surface area contributed by atoms with Crippen LogP contribution < -0.4 is 5.73 Å². The molecule has 2 atom stereocenters. The van der Waals surface area contributed by atoms with Crippen LogP contribution in [0.1, 0.15) is 39.0 Å². The van der Waals surface area contributed by atoms with Gasteiger partial charge in [-0.25, -0.2) is 0 Å². The Morgan fingerprint density at radius 2 is 1.95 bits per heavy atom. The molecular formula is C14H25N3O2. The second kappa shape index (κ2) is 6.37. The van der Waals surface area contributed by atoms with E-state index in [0.29, 0.717) is 19.5 Å². The number of carbonyl (C=O) groups is 2. The lowest BCUT2D eigenvalue weighted by Gasteiger charge is -2.34. The maximum Gasteiger partial charge on any atom is 0.227 e. The highest BCUT2D eigenvalue weighted by atomic mass is 16.2. The van der Waals surface area contributed by atoms with Crippen molar-refractivity contribution in [2.24, 2.45) is 11.7 Å². The van der Waals surface area contributed by atoms with Crippen molar-refractivity contribution in [3.8, 4) is 0 Å². The standard InChI is InChI=1S/C14H25N3O2/c1-2-4-13(18)16-7-3-5-11(9-16)14(19)17-8-6-12(15)10-17/h11-12H,2-10,15H2,1H3/t11?,12-/m1/s1. The summed E-state index contributed by atoms with van der Waals surface area (Å²) in [6.07, 6.45) is 4.20. The van der Waals surface area contributed by atoms with E-state index >= 15 is 0 Å². The summed E-state index contributed by atoms with van der Waals surface area (Å²) >= 11 is 0. The van der Waals surface area contributed by atoms with Gasteiger partial charge in [-0.05, 0) is 25.7 Å². The Balaban J connectivity index is 1.89. The first-order chi connectivity index (χ1) is 9.11. The third-order valence-electron chi connectivity index (χ3n) is 4.12. The minimum atomic E-state index is -0.0140. The minimum Gasteiger partial charge on any atom is -0.342 e. The molecule has 0 aliphatic carbocycles. The third kappa shape index (κ3) is 3.47. The molecule has 0 aromatic rings. The van der Waals surface area contributed by atoms with Gasteiger partial charge in [0.05, 0.1) is 5.92 Å². The molecule has 5 heteroatoms. The molecule has 2 saturated heterocycles. The topological polar surface area (TPSA) is 66.6 Å². The van der Waals surface area contributed by atoms with E-state index < -0.39 is 0 Å². The van der Waals surface area contributed by atoms with Crippen LogP contribution in [0, 0.1) is 5.92 Å². The molecule has 2 aliphatic heterocycles. The van der Waals surface area contributed by atoms with Crippen LogP contribution >= 0.6 is 0 Å². The molecule has 1 unspecified atom stereocenters. The van der Waals surface area contributed by atoms with E-state index in [1.807, 2.05) is 16.7 Å². The molecule has 19 heavy (non-hydrogen) atoms. The number of nitrogens with two attached hydrogens (primary N) is 1. The Kier molecular flexibility index (Phi) is 4.80. The van der Waals surface area contributed by atoms with Crippen LogP contribution in [0.15, 0.2) is 0 Å².